The maximum Gasteiger partial charge on any atom is 0.309 e. The van der Waals surface area contributed by atoms with Crippen LogP contribution < -0.4 is 0 Å². The van der Waals surface area contributed by atoms with Crippen LogP contribution in [0.25, 0.3) is 0 Å². The smallest absolute Gasteiger partial charge is 0.309 e. The van der Waals surface area contributed by atoms with Crippen molar-refractivity contribution in [3.8, 4) is 0 Å². The summed E-state index contributed by atoms with van der Waals surface area (Å²) in [5.74, 6) is -0.699. The molecule has 5 atom stereocenters. The summed E-state index contributed by atoms with van der Waals surface area (Å²) in [6.07, 6.45) is 9.97. The molecule has 0 saturated heterocycles. The van der Waals surface area contributed by atoms with Crippen LogP contribution in [0.2, 0.25) is 0 Å². The molecule has 0 aromatic rings. The number of aliphatic hydroxyl groups is 1. The van der Waals surface area contributed by atoms with Crippen LogP contribution in [0.1, 0.15) is 80.1 Å². The van der Waals surface area contributed by atoms with Crippen molar-refractivity contribution in [2.24, 2.45) is 22.7 Å². The minimum Gasteiger partial charge on any atom is -0.461 e. The molecule has 2 aliphatic rings. The number of ether oxygens (including phenoxy) is 2. The molecule has 30 heavy (non-hydrogen) atoms. The van der Waals surface area contributed by atoms with Gasteiger partial charge in [-0.2, -0.15) is 0 Å². The summed E-state index contributed by atoms with van der Waals surface area (Å²) in [5, 5.41) is 9.40. The summed E-state index contributed by atoms with van der Waals surface area (Å²) < 4.78 is 10.6. The summed E-state index contributed by atoms with van der Waals surface area (Å²) in [4.78, 5) is 24.4. The fourth-order valence-electron chi connectivity index (χ4n) is 5.68. The largest absolute Gasteiger partial charge is 0.461 e. The van der Waals surface area contributed by atoms with E-state index in [4.69, 9.17) is 9.47 Å². The van der Waals surface area contributed by atoms with Crippen molar-refractivity contribution in [2.45, 2.75) is 86.2 Å². The fourth-order valence-corrected chi connectivity index (χ4v) is 5.68. The molecule has 0 bridgehead atoms. The van der Waals surface area contributed by atoms with E-state index in [1.807, 2.05) is 0 Å². The molecule has 0 heterocycles. The van der Waals surface area contributed by atoms with Crippen molar-refractivity contribution in [1.82, 2.24) is 0 Å². The number of carbonyl (C=O) groups is 2. The number of aliphatic hydroxyl groups excluding tert-OH is 1. The van der Waals surface area contributed by atoms with E-state index in [2.05, 4.69) is 46.8 Å². The van der Waals surface area contributed by atoms with Gasteiger partial charge >= 0.3 is 11.9 Å². The number of carbonyl (C=O) groups excluding carboxylic acids is 2. The molecule has 5 heteroatoms. The maximum absolute atomic E-state index is 13.3. The third-order valence-electron chi connectivity index (χ3n) is 7.55. The Morgan fingerprint density at radius 1 is 1.27 bits per heavy atom. The molecule has 0 spiro atoms. The number of esters is 2. The Balaban J connectivity index is 2.20. The Bertz CT molecular complexity index is 690. The van der Waals surface area contributed by atoms with Gasteiger partial charge in [-0.3, -0.25) is 9.59 Å². The molecule has 1 N–H and O–H groups in total. The second-order valence-electron chi connectivity index (χ2n) is 9.88. The van der Waals surface area contributed by atoms with Crippen molar-refractivity contribution in [2.75, 3.05) is 13.2 Å². The molecule has 2 rings (SSSR count). The average molecular weight is 421 g/mol. The topological polar surface area (TPSA) is 72.8 Å². The van der Waals surface area contributed by atoms with Crippen LogP contribution in [0.15, 0.2) is 23.3 Å². The van der Waals surface area contributed by atoms with Crippen molar-refractivity contribution >= 4 is 11.9 Å². The lowest BCUT2D eigenvalue weighted by Crippen LogP contribution is -2.55. The number of rotatable bonds is 8. The highest BCUT2D eigenvalue weighted by atomic mass is 16.6. The van der Waals surface area contributed by atoms with Gasteiger partial charge in [0.15, 0.2) is 6.10 Å². The Morgan fingerprint density at radius 3 is 2.57 bits per heavy atom. The van der Waals surface area contributed by atoms with E-state index in [-0.39, 0.29) is 41.8 Å². The van der Waals surface area contributed by atoms with Gasteiger partial charge in [0.2, 0.25) is 0 Å². The van der Waals surface area contributed by atoms with Gasteiger partial charge in [-0.05, 0) is 69.1 Å². The number of hydrogen-bond acceptors (Lipinski definition) is 5. The van der Waals surface area contributed by atoms with Gasteiger partial charge in [0, 0.05) is 6.92 Å². The Hall–Kier alpha value is -1.62. The molecule has 0 aromatic heterocycles. The first-order valence-electron chi connectivity index (χ1n) is 11.3. The predicted molar refractivity (Wildman–Crippen MR) is 118 cm³/mol. The van der Waals surface area contributed by atoms with Gasteiger partial charge in [-0.1, -0.05) is 44.1 Å². The van der Waals surface area contributed by atoms with Gasteiger partial charge < -0.3 is 14.6 Å². The maximum atomic E-state index is 13.3. The molecule has 0 amide bonds. The second-order valence-corrected chi connectivity index (χ2v) is 9.88. The van der Waals surface area contributed by atoms with Crippen molar-refractivity contribution in [3.63, 3.8) is 0 Å². The van der Waals surface area contributed by atoms with Crippen LogP contribution in [0.4, 0.5) is 0 Å². The molecule has 1 saturated carbocycles. The predicted octanol–water partition coefficient (Wildman–Crippen LogP) is 4.98. The Morgan fingerprint density at radius 2 is 1.97 bits per heavy atom. The molecule has 0 aromatic carbocycles. The lowest BCUT2D eigenvalue weighted by molar-refractivity contribution is -0.174. The SMILES string of the molecule is CC(=O)OC(CO)COC(=O)C1C(C)CCC2(C)C(CCC=C(C)C)=CCCC12C. The van der Waals surface area contributed by atoms with Crippen LogP contribution in [0, 0.1) is 22.7 Å². The van der Waals surface area contributed by atoms with E-state index in [1.54, 1.807) is 0 Å². The quantitative estimate of drug-likeness (QED) is 0.443. The summed E-state index contributed by atoms with van der Waals surface area (Å²) in [6.45, 7) is 11.8. The van der Waals surface area contributed by atoms with Crippen LogP contribution in [0.3, 0.4) is 0 Å². The van der Waals surface area contributed by atoms with Crippen molar-refractivity contribution in [1.29, 1.82) is 0 Å². The Labute approximate surface area is 181 Å². The van der Waals surface area contributed by atoms with Crippen LogP contribution >= 0.6 is 0 Å². The zero-order valence-corrected chi connectivity index (χ0v) is 19.6. The number of hydrogen-bond donors (Lipinski definition) is 1. The van der Waals surface area contributed by atoms with E-state index in [0.717, 1.165) is 38.5 Å². The lowest BCUT2D eigenvalue weighted by Gasteiger charge is -2.59. The number of fused-ring (bicyclic) bond motifs is 1. The summed E-state index contributed by atoms with van der Waals surface area (Å²) in [7, 11) is 0. The third kappa shape index (κ3) is 5.16. The van der Waals surface area contributed by atoms with Gasteiger partial charge in [0.05, 0.1) is 12.5 Å². The van der Waals surface area contributed by atoms with Crippen LogP contribution in [0.5, 0.6) is 0 Å². The molecular formula is C25H40O5. The first-order chi connectivity index (χ1) is 14.0. The molecule has 0 aliphatic heterocycles. The molecule has 2 aliphatic carbocycles. The van der Waals surface area contributed by atoms with E-state index in [0.29, 0.717) is 0 Å². The van der Waals surface area contributed by atoms with E-state index >= 15 is 0 Å². The summed E-state index contributed by atoms with van der Waals surface area (Å²) in [5.41, 5.74) is 2.62. The monoisotopic (exact) mass is 420 g/mol. The molecule has 5 nitrogen and oxygen atoms in total. The first-order valence-corrected chi connectivity index (χ1v) is 11.3. The summed E-state index contributed by atoms with van der Waals surface area (Å²) in [6, 6.07) is 0. The van der Waals surface area contributed by atoms with Gasteiger partial charge in [0.25, 0.3) is 0 Å². The standard InChI is InChI=1S/C25H40O5/c1-17(2)9-7-10-20-11-8-13-25(6)22(18(3)12-14-24(20,25)5)23(28)29-16-21(15-26)30-19(4)27/h9,11,18,21-22,26H,7-8,10,12-16H2,1-6H3. The minimum atomic E-state index is -0.810. The van der Waals surface area contributed by atoms with Crippen molar-refractivity contribution < 1.29 is 24.2 Å². The average Bonchev–Trinajstić information content (AvgIpc) is 2.66. The molecule has 1 fully saturated rings. The van der Waals surface area contributed by atoms with E-state index < -0.39 is 12.1 Å². The summed E-state index contributed by atoms with van der Waals surface area (Å²) >= 11 is 0. The highest BCUT2D eigenvalue weighted by Crippen LogP contribution is 2.63. The molecule has 0 radical (unpaired) electrons. The van der Waals surface area contributed by atoms with Crippen LogP contribution in [-0.2, 0) is 19.1 Å². The van der Waals surface area contributed by atoms with Crippen LogP contribution in [-0.4, -0.2) is 36.4 Å². The first kappa shape index (κ1) is 24.6. The normalized spacial score (nSPS) is 31.8. The fraction of sp³-hybridized carbons (Fsp3) is 0.760. The second kappa shape index (κ2) is 10.1. The van der Waals surface area contributed by atoms with Gasteiger partial charge in [-0.25, -0.2) is 0 Å². The molecule has 170 valence electrons. The highest BCUT2D eigenvalue weighted by Gasteiger charge is 2.58. The van der Waals surface area contributed by atoms with E-state index in [1.165, 1.54) is 18.1 Å². The highest BCUT2D eigenvalue weighted by molar-refractivity contribution is 5.74. The Kier molecular flexibility index (Phi) is 8.32. The third-order valence-corrected chi connectivity index (χ3v) is 7.55. The molecule has 5 unspecified atom stereocenters. The van der Waals surface area contributed by atoms with E-state index in [9.17, 15) is 14.7 Å². The zero-order chi connectivity index (χ0) is 22.5. The number of allylic oxidation sites excluding steroid dienone is 4. The molecular weight excluding hydrogens is 380 g/mol. The van der Waals surface area contributed by atoms with Crippen molar-refractivity contribution in [3.05, 3.63) is 23.3 Å². The zero-order valence-electron chi connectivity index (χ0n) is 19.6. The van der Waals surface area contributed by atoms with Gasteiger partial charge in [0.1, 0.15) is 6.61 Å². The van der Waals surface area contributed by atoms with Gasteiger partial charge in [-0.15, -0.1) is 0 Å². The minimum absolute atomic E-state index is 0.0246. The lowest BCUT2D eigenvalue weighted by atomic mass is 9.45.